The Kier molecular flexibility index (Phi) is 4.35. The topological polar surface area (TPSA) is 52.3 Å². The number of aryl methyl sites for hydroxylation is 1. The Morgan fingerprint density at radius 3 is 2.75 bits per heavy atom. The van der Waals surface area contributed by atoms with Crippen LogP contribution in [0.5, 0.6) is 0 Å². The van der Waals surface area contributed by atoms with Crippen molar-refractivity contribution in [2.75, 3.05) is 5.73 Å². The van der Waals surface area contributed by atoms with Crippen molar-refractivity contribution in [1.82, 2.24) is 0 Å². The highest BCUT2D eigenvalue weighted by Crippen LogP contribution is 2.15. The van der Waals surface area contributed by atoms with Gasteiger partial charge in [-0.25, -0.2) is 0 Å². The molecule has 16 heavy (non-hydrogen) atoms. The predicted molar refractivity (Wildman–Crippen MR) is 65.1 cm³/mol. The molecular weight excluding hydrogens is 202 g/mol. The van der Waals surface area contributed by atoms with Crippen molar-refractivity contribution in [2.24, 2.45) is 0 Å². The third-order valence-electron chi connectivity index (χ3n) is 2.54. The van der Waals surface area contributed by atoms with Crippen molar-refractivity contribution >= 4 is 11.7 Å². The molecule has 88 valence electrons. The summed E-state index contributed by atoms with van der Waals surface area (Å²) in [6.45, 7) is 5.84. The van der Waals surface area contributed by atoms with Crippen molar-refractivity contribution in [3.05, 3.63) is 29.3 Å². The largest absolute Gasteiger partial charge is 0.462 e. The normalized spacial score (nSPS) is 12.2. The van der Waals surface area contributed by atoms with E-state index in [2.05, 4.69) is 0 Å². The first-order chi connectivity index (χ1) is 7.52. The van der Waals surface area contributed by atoms with Crippen molar-refractivity contribution in [3.8, 4) is 0 Å². The van der Waals surface area contributed by atoms with Gasteiger partial charge in [0.25, 0.3) is 0 Å². The van der Waals surface area contributed by atoms with E-state index < -0.39 is 0 Å². The smallest absolute Gasteiger partial charge is 0.310 e. The van der Waals surface area contributed by atoms with E-state index in [1.165, 1.54) is 0 Å². The average molecular weight is 221 g/mol. The van der Waals surface area contributed by atoms with Crippen LogP contribution >= 0.6 is 0 Å². The van der Waals surface area contributed by atoms with Gasteiger partial charge in [-0.2, -0.15) is 0 Å². The second kappa shape index (κ2) is 5.54. The zero-order valence-electron chi connectivity index (χ0n) is 10.1. The summed E-state index contributed by atoms with van der Waals surface area (Å²) in [5.74, 6) is -0.218. The molecule has 0 aliphatic carbocycles. The van der Waals surface area contributed by atoms with E-state index in [1.54, 1.807) is 0 Å². The molecule has 0 bridgehead atoms. The lowest BCUT2D eigenvalue weighted by molar-refractivity contribution is -0.147. The summed E-state index contributed by atoms with van der Waals surface area (Å²) in [6, 6.07) is 5.69. The highest BCUT2D eigenvalue weighted by atomic mass is 16.5. The van der Waals surface area contributed by atoms with E-state index in [9.17, 15) is 4.79 Å². The summed E-state index contributed by atoms with van der Waals surface area (Å²) in [5, 5.41) is 0. The first kappa shape index (κ1) is 12.6. The maximum Gasteiger partial charge on any atom is 0.310 e. The van der Waals surface area contributed by atoms with Gasteiger partial charge in [0.05, 0.1) is 12.5 Å². The van der Waals surface area contributed by atoms with E-state index >= 15 is 0 Å². The number of carbonyl (C=O) groups excluding carboxylic acids is 1. The fraction of sp³-hybridized carbons (Fsp3) is 0.462. The van der Waals surface area contributed by atoms with Crippen LogP contribution in [0.2, 0.25) is 0 Å². The molecule has 0 saturated heterocycles. The summed E-state index contributed by atoms with van der Waals surface area (Å²) >= 11 is 0. The zero-order valence-corrected chi connectivity index (χ0v) is 10.1. The molecule has 0 fully saturated rings. The van der Waals surface area contributed by atoms with Crippen LogP contribution in [0.25, 0.3) is 0 Å². The molecule has 0 saturated carbocycles. The number of hydrogen-bond donors (Lipinski definition) is 1. The van der Waals surface area contributed by atoms with Gasteiger partial charge in [-0.05, 0) is 37.5 Å². The molecule has 2 N–H and O–H groups in total. The molecule has 1 unspecified atom stereocenters. The van der Waals surface area contributed by atoms with Crippen LogP contribution in [0.4, 0.5) is 5.69 Å². The zero-order chi connectivity index (χ0) is 12.1. The molecule has 0 heterocycles. The third kappa shape index (κ3) is 3.57. The fourth-order valence-corrected chi connectivity index (χ4v) is 1.38. The van der Waals surface area contributed by atoms with Gasteiger partial charge < -0.3 is 10.5 Å². The molecule has 1 rings (SSSR count). The maximum atomic E-state index is 11.5. The van der Waals surface area contributed by atoms with Crippen molar-refractivity contribution in [1.29, 1.82) is 0 Å². The van der Waals surface area contributed by atoms with Crippen LogP contribution in [0.1, 0.15) is 31.4 Å². The van der Waals surface area contributed by atoms with Gasteiger partial charge in [-0.1, -0.05) is 19.1 Å². The number of carbonyl (C=O) groups is 1. The van der Waals surface area contributed by atoms with Gasteiger partial charge in [0.15, 0.2) is 0 Å². The molecule has 0 aliphatic rings. The Hall–Kier alpha value is -1.51. The number of esters is 1. The molecule has 3 nitrogen and oxygen atoms in total. The second-order valence-electron chi connectivity index (χ2n) is 4.09. The average Bonchev–Trinajstić information content (AvgIpc) is 2.22. The number of hydrogen-bond acceptors (Lipinski definition) is 3. The highest BCUT2D eigenvalue weighted by Gasteiger charge is 2.10. The fourth-order valence-electron chi connectivity index (χ4n) is 1.38. The van der Waals surface area contributed by atoms with Crippen LogP contribution < -0.4 is 5.73 Å². The minimum atomic E-state index is -0.218. The van der Waals surface area contributed by atoms with Crippen molar-refractivity contribution in [3.63, 3.8) is 0 Å². The van der Waals surface area contributed by atoms with Crippen molar-refractivity contribution in [2.45, 2.75) is 39.7 Å². The number of ether oxygens (including phenoxy) is 1. The monoisotopic (exact) mass is 221 g/mol. The van der Waals surface area contributed by atoms with Gasteiger partial charge in [-0.3, -0.25) is 4.79 Å². The van der Waals surface area contributed by atoms with Gasteiger partial charge in [0.2, 0.25) is 0 Å². The third-order valence-corrected chi connectivity index (χ3v) is 2.54. The van der Waals surface area contributed by atoms with E-state index in [4.69, 9.17) is 10.5 Å². The van der Waals surface area contributed by atoms with Gasteiger partial charge >= 0.3 is 5.97 Å². The van der Waals surface area contributed by atoms with Crippen molar-refractivity contribution < 1.29 is 9.53 Å². The molecule has 0 spiro atoms. The minimum Gasteiger partial charge on any atom is -0.462 e. The summed E-state index contributed by atoms with van der Waals surface area (Å²) < 4.78 is 5.19. The van der Waals surface area contributed by atoms with Gasteiger partial charge in [0, 0.05) is 5.69 Å². The Morgan fingerprint density at radius 1 is 1.50 bits per heavy atom. The Bertz CT molecular complexity index is 374. The maximum absolute atomic E-state index is 11.5. The Labute approximate surface area is 96.6 Å². The van der Waals surface area contributed by atoms with Crippen LogP contribution in [-0.4, -0.2) is 12.1 Å². The molecule has 0 aliphatic heterocycles. The lowest BCUT2D eigenvalue weighted by Gasteiger charge is -2.11. The standard InChI is InChI=1S/C13H19NO2/c1-4-10(3)16-13(15)8-11-6-5-9(2)7-12(11)14/h5-7,10H,4,8,14H2,1-3H3. The number of benzene rings is 1. The number of nitrogen functional groups attached to an aromatic ring is 1. The highest BCUT2D eigenvalue weighted by molar-refractivity contribution is 5.75. The van der Waals surface area contributed by atoms with Crippen LogP contribution in [0.15, 0.2) is 18.2 Å². The molecule has 0 amide bonds. The van der Waals surface area contributed by atoms with Crippen LogP contribution in [0, 0.1) is 6.92 Å². The second-order valence-corrected chi connectivity index (χ2v) is 4.09. The van der Waals surface area contributed by atoms with Crippen LogP contribution in [0.3, 0.4) is 0 Å². The van der Waals surface area contributed by atoms with Gasteiger partial charge in [0.1, 0.15) is 0 Å². The summed E-state index contributed by atoms with van der Waals surface area (Å²) in [5.41, 5.74) is 8.41. The lowest BCUT2D eigenvalue weighted by Crippen LogP contribution is -2.16. The van der Waals surface area contributed by atoms with E-state index in [1.807, 2.05) is 39.0 Å². The molecule has 0 aromatic heterocycles. The number of rotatable bonds is 4. The van der Waals surface area contributed by atoms with Gasteiger partial charge in [-0.15, -0.1) is 0 Å². The summed E-state index contributed by atoms with van der Waals surface area (Å²) in [4.78, 5) is 11.5. The van der Waals surface area contributed by atoms with E-state index in [-0.39, 0.29) is 18.5 Å². The van der Waals surface area contributed by atoms with E-state index in [0.717, 1.165) is 17.5 Å². The first-order valence-corrected chi connectivity index (χ1v) is 5.57. The Morgan fingerprint density at radius 2 is 2.19 bits per heavy atom. The molecular formula is C13H19NO2. The number of nitrogens with two attached hydrogens (primary N) is 1. The number of anilines is 1. The first-order valence-electron chi connectivity index (χ1n) is 5.57. The molecule has 1 atom stereocenters. The summed E-state index contributed by atoms with van der Waals surface area (Å²) in [6.07, 6.45) is 1.05. The SMILES string of the molecule is CCC(C)OC(=O)Cc1ccc(C)cc1N. The van der Waals surface area contributed by atoms with E-state index in [0.29, 0.717) is 5.69 Å². The molecule has 1 aromatic carbocycles. The molecule has 1 aromatic rings. The quantitative estimate of drug-likeness (QED) is 0.627. The Balaban J connectivity index is 2.63. The molecule has 0 radical (unpaired) electrons. The minimum absolute atomic E-state index is 0.0285. The lowest BCUT2D eigenvalue weighted by atomic mass is 10.1. The van der Waals surface area contributed by atoms with Crippen LogP contribution in [-0.2, 0) is 16.0 Å². The predicted octanol–water partition coefficient (Wildman–Crippen LogP) is 2.46. The molecule has 3 heteroatoms. The summed E-state index contributed by atoms with van der Waals surface area (Å²) in [7, 11) is 0.